The maximum Gasteiger partial charge on any atom is 0.226 e. The summed E-state index contributed by atoms with van der Waals surface area (Å²) in [5, 5.41) is 5.35. The normalized spacial score (nSPS) is 10.6. The molecule has 0 bridgehead atoms. The summed E-state index contributed by atoms with van der Waals surface area (Å²) < 4.78 is 12.1. The fraction of sp³-hybridized carbons (Fsp3) is 0.273. The number of nitrogens with one attached hydrogen (secondary N) is 1. The van der Waals surface area contributed by atoms with Crippen molar-refractivity contribution in [3.8, 4) is 22.8 Å². The van der Waals surface area contributed by atoms with Gasteiger partial charge in [-0.1, -0.05) is 25.1 Å². The van der Waals surface area contributed by atoms with Crippen LogP contribution in [-0.4, -0.2) is 24.6 Å². The third-order valence-electron chi connectivity index (χ3n) is 4.34. The molecule has 5 nitrogen and oxygen atoms in total. The molecule has 1 amide bonds. The Morgan fingerprint density at radius 2 is 2.03 bits per heavy atom. The highest BCUT2D eigenvalue weighted by Gasteiger charge is 2.11. The van der Waals surface area contributed by atoms with Crippen LogP contribution in [0.25, 0.3) is 11.3 Å². The van der Waals surface area contributed by atoms with Gasteiger partial charge < -0.3 is 14.8 Å². The minimum absolute atomic E-state index is 0.0741. The van der Waals surface area contributed by atoms with E-state index < -0.39 is 0 Å². The van der Waals surface area contributed by atoms with Crippen molar-refractivity contribution in [2.75, 3.05) is 19.0 Å². The number of thiazole rings is 1. The summed E-state index contributed by atoms with van der Waals surface area (Å²) in [5.41, 5.74) is 2.94. The van der Waals surface area contributed by atoms with Crippen molar-refractivity contribution >= 4 is 38.3 Å². The van der Waals surface area contributed by atoms with E-state index in [9.17, 15) is 4.79 Å². The van der Waals surface area contributed by atoms with E-state index in [-0.39, 0.29) is 5.91 Å². The van der Waals surface area contributed by atoms with E-state index in [1.165, 1.54) is 16.9 Å². The first-order chi connectivity index (χ1) is 14.1. The molecule has 1 heterocycles. The van der Waals surface area contributed by atoms with Gasteiger partial charge in [0.1, 0.15) is 11.5 Å². The lowest BCUT2D eigenvalue weighted by atomic mass is 10.1. The van der Waals surface area contributed by atoms with Crippen molar-refractivity contribution in [3.63, 3.8) is 0 Å². The van der Waals surface area contributed by atoms with Crippen molar-refractivity contribution in [1.29, 1.82) is 0 Å². The highest BCUT2D eigenvalue weighted by atomic mass is 79.9. The van der Waals surface area contributed by atoms with Gasteiger partial charge in [-0.25, -0.2) is 4.98 Å². The molecule has 0 saturated heterocycles. The number of aromatic nitrogens is 1. The minimum atomic E-state index is -0.0741. The van der Waals surface area contributed by atoms with Crippen LogP contribution in [0.15, 0.2) is 52.3 Å². The smallest absolute Gasteiger partial charge is 0.226 e. The molecular formula is C22H23BrN2O3S. The third-order valence-corrected chi connectivity index (χ3v) is 5.72. The molecular weight excluding hydrogens is 452 g/mol. The zero-order valence-corrected chi connectivity index (χ0v) is 18.8. The first-order valence-electron chi connectivity index (χ1n) is 9.40. The Kier molecular flexibility index (Phi) is 7.66. The van der Waals surface area contributed by atoms with Crippen molar-refractivity contribution in [2.24, 2.45) is 0 Å². The topological polar surface area (TPSA) is 60.5 Å². The number of halogens is 1. The quantitative estimate of drug-likeness (QED) is 0.389. The molecule has 29 heavy (non-hydrogen) atoms. The van der Waals surface area contributed by atoms with Crippen molar-refractivity contribution < 1.29 is 14.3 Å². The number of anilines is 1. The first-order valence-corrected chi connectivity index (χ1v) is 11.1. The molecule has 0 fully saturated rings. The van der Waals surface area contributed by atoms with E-state index in [1.807, 2.05) is 35.7 Å². The maximum absolute atomic E-state index is 12.2. The number of benzene rings is 2. The van der Waals surface area contributed by atoms with Crippen molar-refractivity contribution in [3.05, 3.63) is 57.9 Å². The van der Waals surface area contributed by atoms with Crippen LogP contribution in [0, 0.1) is 0 Å². The molecule has 1 aromatic heterocycles. The highest BCUT2D eigenvalue weighted by Crippen LogP contribution is 2.32. The summed E-state index contributed by atoms with van der Waals surface area (Å²) in [6.45, 7) is 2.59. The predicted molar refractivity (Wildman–Crippen MR) is 121 cm³/mol. The van der Waals surface area contributed by atoms with Gasteiger partial charge in [0.25, 0.3) is 0 Å². The van der Waals surface area contributed by atoms with Gasteiger partial charge in [0.15, 0.2) is 5.13 Å². The molecule has 1 N–H and O–H groups in total. The second kappa shape index (κ2) is 10.4. The Hall–Kier alpha value is -2.38. The Morgan fingerprint density at radius 1 is 1.21 bits per heavy atom. The van der Waals surface area contributed by atoms with Crippen molar-refractivity contribution in [2.45, 2.75) is 26.2 Å². The average Bonchev–Trinajstić information content (AvgIpc) is 3.20. The summed E-state index contributed by atoms with van der Waals surface area (Å²) in [5.74, 6) is 1.48. The van der Waals surface area contributed by atoms with Gasteiger partial charge in [0, 0.05) is 17.4 Å². The van der Waals surface area contributed by atoms with Gasteiger partial charge in [-0.2, -0.15) is 0 Å². The Bertz CT molecular complexity index is 974. The number of aryl methyl sites for hydroxylation is 1. The van der Waals surface area contributed by atoms with E-state index in [0.717, 1.165) is 33.6 Å². The summed E-state index contributed by atoms with van der Waals surface area (Å²) >= 11 is 4.92. The number of carbonyl (C=O) groups excluding carboxylic acids is 1. The molecule has 0 aliphatic rings. The third kappa shape index (κ3) is 5.81. The standard InChI is InChI=1S/C22H23BrN2O3S/c1-3-15-10-11-20(17(23)13-15)28-12-6-9-21(26)25-22-24-18(14-29-22)16-7-4-5-8-19(16)27-2/h4-5,7-8,10-11,13-14H,3,6,9,12H2,1-2H3,(H,24,25,26). The molecule has 3 aromatic rings. The summed E-state index contributed by atoms with van der Waals surface area (Å²) in [6, 6.07) is 13.7. The summed E-state index contributed by atoms with van der Waals surface area (Å²) in [7, 11) is 1.63. The van der Waals surface area contributed by atoms with Gasteiger partial charge in [-0.15, -0.1) is 11.3 Å². The number of ether oxygens (including phenoxy) is 2. The molecule has 0 spiro atoms. The van der Waals surface area contributed by atoms with E-state index in [1.54, 1.807) is 7.11 Å². The van der Waals surface area contributed by atoms with Crippen LogP contribution in [0.3, 0.4) is 0 Å². The second-order valence-corrected chi connectivity index (χ2v) is 8.07. The highest BCUT2D eigenvalue weighted by molar-refractivity contribution is 9.10. The number of hydrogen-bond donors (Lipinski definition) is 1. The molecule has 3 rings (SSSR count). The molecule has 7 heteroatoms. The van der Waals surface area contributed by atoms with Crippen LogP contribution >= 0.6 is 27.3 Å². The molecule has 0 unspecified atom stereocenters. The lowest BCUT2D eigenvalue weighted by Crippen LogP contribution is -2.12. The second-order valence-electron chi connectivity index (χ2n) is 6.36. The summed E-state index contributed by atoms with van der Waals surface area (Å²) in [6.07, 6.45) is 1.97. The number of methoxy groups -OCH3 is 1. The lowest BCUT2D eigenvalue weighted by molar-refractivity contribution is -0.116. The zero-order chi connectivity index (χ0) is 20.6. The predicted octanol–water partition coefficient (Wildman–Crippen LogP) is 5.94. The van der Waals surface area contributed by atoms with Gasteiger partial charge in [-0.3, -0.25) is 4.79 Å². The van der Waals surface area contributed by atoms with E-state index in [2.05, 4.69) is 45.3 Å². The number of amides is 1. The number of para-hydroxylation sites is 1. The lowest BCUT2D eigenvalue weighted by Gasteiger charge is -2.09. The largest absolute Gasteiger partial charge is 0.496 e. The average molecular weight is 475 g/mol. The van der Waals surface area contributed by atoms with E-state index >= 15 is 0 Å². The van der Waals surface area contributed by atoms with Crippen molar-refractivity contribution in [1.82, 2.24) is 4.98 Å². The van der Waals surface area contributed by atoms with Gasteiger partial charge in [0.05, 0.1) is 23.9 Å². The van der Waals surface area contributed by atoms with Crippen LogP contribution in [-0.2, 0) is 11.2 Å². The fourth-order valence-corrected chi connectivity index (χ4v) is 4.06. The van der Waals surface area contributed by atoms with Crippen LogP contribution in [0.4, 0.5) is 5.13 Å². The van der Waals surface area contributed by atoms with Crippen LogP contribution in [0.5, 0.6) is 11.5 Å². The molecule has 0 aliphatic heterocycles. The molecule has 0 saturated carbocycles. The fourth-order valence-electron chi connectivity index (χ4n) is 2.79. The summed E-state index contributed by atoms with van der Waals surface area (Å²) in [4.78, 5) is 16.7. The van der Waals surface area contributed by atoms with E-state index in [0.29, 0.717) is 24.6 Å². The first kappa shape index (κ1) is 21.3. The molecule has 0 radical (unpaired) electrons. The monoisotopic (exact) mass is 474 g/mol. The number of hydrogen-bond acceptors (Lipinski definition) is 5. The van der Waals surface area contributed by atoms with Crippen LogP contribution < -0.4 is 14.8 Å². The van der Waals surface area contributed by atoms with Crippen LogP contribution in [0.1, 0.15) is 25.3 Å². The van der Waals surface area contributed by atoms with Gasteiger partial charge in [-0.05, 0) is 58.6 Å². The zero-order valence-electron chi connectivity index (χ0n) is 16.4. The van der Waals surface area contributed by atoms with E-state index in [4.69, 9.17) is 9.47 Å². The van der Waals surface area contributed by atoms with Crippen LogP contribution in [0.2, 0.25) is 0 Å². The Balaban J connectivity index is 1.47. The Labute approximate surface area is 183 Å². The van der Waals surface area contributed by atoms with Gasteiger partial charge in [0.2, 0.25) is 5.91 Å². The maximum atomic E-state index is 12.2. The Morgan fingerprint density at radius 3 is 2.79 bits per heavy atom. The molecule has 152 valence electrons. The molecule has 2 aromatic carbocycles. The molecule has 0 atom stereocenters. The SMILES string of the molecule is CCc1ccc(OCCCC(=O)Nc2nc(-c3ccccc3OC)cs2)c(Br)c1. The number of rotatable bonds is 9. The van der Waals surface area contributed by atoms with Gasteiger partial charge >= 0.3 is 0 Å². The molecule has 0 aliphatic carbocycles. The minimum Gasteiger partial charge on any atom is -0.496 e. The number of nitrogens with zero attached hydrogens (tertiary/aromatic N) is 1. The number of carbonyl (C=O) groups is 1.